The number of benzene rings is 1. The second-order valence-corrected chi connectivity index (χ2v) is 5.24. The van der Waals surface area contributed by atoms with Crippen LogP contribution in [-0.2, 0) is 6.42 Å². The average molecular weight is 309 g/mol. The highest BCUT2D eigenvalue weighted by atomic mass is 79.9. The molecule has 1 aromatic heterocycles. The molecule has 18 heavy (non-hydrogen) atoms. The molecule has 0 saturated carbocycles. The summed E-state index contributed by atoms with van der Waals surface area (Å²) >= 11 is 3.38. The van der Waals surface area contributed by atoms with E-state index in [1.165, 1.54) is 12.1 Å². The monoisotopic (exact) mass is 308 g/mol. The van der Waals surface area contributed by atoms with Crippen LogP contribution < -0.4 is 5.73 Å². The van der Waals surface area contributed by atoms with E-state index < -0.39 is 0 Å². The van der Waals surface area contributed by atoms with Gasteiger partial charge in [0.05, 0.1) is 0 Å². The van der Waals surface area contributed by atoms with Crippen molar-refractivity contribution in [2.45, 2.75) is 19.4 Å². The molecule has 2 N–H and O–H groups in total. The summed E-state index contributed by atoms with van der Waals surface area (Å²) in [7, 11) is 0. The van der Waals surface area contributed by atoms with Gasteiger partial charge in [-0.25, -0.2) is 4.39 Å². The Hall–Kier alpha value is -1.26. The van der Waals surface area contributed by atoms with Gasteiger partial charge in [-0.1, -0.05) is 6.07 Å². The van der Waals surface area contributed by atoms with Gasteiger partial charge < -0.3 is 5.73 Å². The number of nitrogens with two attached hydrogens (primary N) is 1. The maximum absolute atomic E-state index is 13.0. The van der Waals surface area contributed by atoms with Crippen molar-refractivity contribution in [2.75, 3.05) is 0 Å². The van der Waals surface area contributed by atoms with E-state index in [1.807, 2.05) is 13.0 Å². The molecule has 1 unspecified atom stereocenters. The van der Waals surface area contributed by atoms with Gasteiger partial charge in [-0.3, -0.25) is 4.98 Å². The maximum atomic E-state index is 13.0. The summed E-state index contributed by atoms with van der Waals surface area (Å²) in [6, 6.07) is 6.55. The van der Waals surface area contributed by atoms with Gasteiger partial charge >= 0.3 is 0 Å². The van der Waals surface area contributed by atoms with E-state index >= 15 is 0 Å². The molecule has 1 aromatic carbocycles. The Morgan fingerprint density at radius 3 is 2.78 bits per heavy atom. The van der Waals surface area contributed by atoms with E-state index in [2.05, 4.69) is 20.9 Å². The van der Waals surface area contributed by atoms with Crippen molar-refractivity contribution in [2.24, 2.45) is 5.73 Å². The van der Waals surface area contributed by atoms with Crippen LogP contribution in [-0.4, -0.2) is 4.98 Å². The molecule has 2 nitrogen and oxygen atoms in total. The van der Waals surface area contributed by atoms with Crippen LogP contribution >= 0.6 is 15.9 Å². The van der Waals surface area contributed by atoms with E-state index in [-0.39, 0.29) is 11.9 Å². The van der Waals surface area contributed by atoms with Crippen LogP contribution in [0.1, 0.15) is 22.7 Å². The third kappa shape index (κ3) is 3.15. The molecule has 2 rings (SSSR count). The molecule has 0 aliphatic carbocycles. The molecule has 94 valence electrons. The zero-order valence-electron chi connectivity index (χ0n) is 10.0. The first-order valence-electron chi connectivity index (χ1n) is 5.67. The molecule has 0 bridgehead atoms. The van der Waals surface area contributed by atoms with Gasteiger partial charge in [-0.15, -0.1) is 0 Å². The molecule has 2 aromatic rings. The number of halogens is 2. The van der Waals surface area contributed by atoms with Crippen LogP contribution in [0, 0.1) is 12.7 Å². The predicted molar refractivity (Wildman–Crippen MR) is 73.7 cm³/mol. The fraction of sp³-hybridized carbons (Fsp3) is 0.214. The highest BCUT2D eigenvalue weighted by Crippen LogP contribution is 2.21. The van der Waals surface area contributed by atoms with Gasteiger partial charge in [0, 0.05) is 22.9 Å². The summed E-state index contributed by atoms with van der Waals surface area (Å²) < 4.78 is 14.0. The van der Waals surface area contributed by atoms with E-state index in [0.29, 0.717) is 6.42 Å². The zero-order chi connectivity index (χ0) is 13.1. The van der Waals surface area contributed by atoms with E-state index in [0.717, 1.165) is 21.2 Å². The van der Waals surface area contributed by atoms with E-state index in [1.54, 1.807) is 18.5 Å². The van der Waals surface area contributed by atoms with Gasteiger partial charge in [-0.2, -0.15) is 0 Å². The second-order valence-electron chi connectivity index (χ2n) is 4.32. The van der Waals surface area contributed by atoms with Crippen LogP contribution in [0.5, 0.6) is 0 Å². The second kappa shape index (κ2) is 5.59. The van der Waals surface area contributed by atoms with Crippen LogP contribution in [0.3, 0.4) is 0 Å². The summed E-state index contributed by atoms with van der Waals surface area (Å²) in [5, 5.41) is 0. The summed E-state index contributed by atoms with van der Waals surface area (Å²) in [5.41, 5.74) is 9.07. The predicted octanol–water partition coefficient (Wildman–Crippen LogP) is 3.53. The van der Waals surface area contributed by atoms with Crippen molar-refractivity contribution in [3.05, 3.63) is 63.6 Å². The minimum absolute atomic E-state index is 0.151. The first kappa shape index (κ1) is 13.2. The lowest BCUT2D eigenvalue weighted by Gasteiger charge is -2.14. The number of pyridine rings is 1. The Morgan fingerprint density at radius 2 is 2.11 bits per heavy atom. The largest absolute Gasteiger partial charge is 0.324 e. The molecule has 0 spiro atoms. The third-order valence-electron chi connectivity index (χ3n) is 2.85. The Balaban J connectivity index is 2.19. The number of hydrogen-bond acceptors (Lipinski definition) is 2. The molecule has 0 aliphatic rings. The van der Waals surface area contributed by atoms with Crippen LogP contribution in [0.2, 0.25) is 0 Å². The van der Waals surface area contributed by atoms with Gasteiger partial charge in [-0.05, 0) is 64.2 Å². The molecule has 0 amide bonds. The number of aryl methyl sites for hydroxylation is 1. The topological polar surface area (TPSA) is 38.9 Å². The Bertz CT molecular complexity index is 557. The molecule has 1 atom stereocenters. The van der Waals surface area contributed by atoms with E-state index in [4.69, 9.17) is 5.73 Å². The van der Waals surface area contributed by atoms with Gasteiger partial charge in [0.2, 0.25) is 0 Å². The Labute approximate surface area is 114 Å². The fourth-order valence-corrected chi connectivity index (χ4v) is 2.40. The van der Waals surface area contributed by atoms with Gasteiger partial charge in [0.25, 0.3) is 0 Å². The lowest BCUT2D eigenvalue weighted by molar-refractivity contribution is 0.622. The minimum atomic E-state index is -0.229. The van der Waals surface area contributed by atoms with Crippen LogP contribution in [0.4, 0.5) is 4.39 Å². The van der Waals surface area contributed by atoms with Crippen molar-refractivity contribution < 1.29 is 4.39 Å². The Morgan fingerprint density at radius 1 is 1.33 bits per heavy atom. The van der Waals surface area contributed by atoms with Crippen LogP contribution in [0.15, 0.2) is 41.1 Å². The molecule has 0 fully saturated rings. The molecular formula is C14H14BrFN2. The molecular weight excluding hydrogens is 295 g/mol. The summed E-state index contributed by atoms with van der Waals surface area (Å²) in [5.74, 6) is -0.229. The first-order chi connectivity index (χ1) is 8.56. The lowest BCUT2D eigenvalue weighted by Crippen LogP contribution is -2.15. The van der Waals surface area contributed by atoms with Gasteiger partial charge in [0.1, 0.15) is 5.82 Å². The summed E-state index contributed by atoms with van der Waals surface area (Å²) in [4.78, 5) is 4.11. The van der Waals surface area contributed by atoms with Crippen molar-refractivity contribution in [3.63, 3.8) is 0 Å². The zero-order valence-corrected chi connectivity index (χ0v) is 11.6. The highest BCUT2D eigenvalue weighted by molar-refractivity contribution is 9.10. The van der Waals surface area contributed by atoms with Crippen molar-refractivity contribution in [1.82, 2.24) is 4.98 Å². The smallest absolute Gasteiger partial charge is 0.123 e. The molecule has 0 aliphatic heterocycles. The number of rotatable bonds is 3. The quantitative estimate of drug-likeness (QED) is 0.942. The molecule has 1 heterocycles. The normalized spacial score (nSPS) is 12.4. The van der Waals surface area contributed by atoms with Gasteiger partial charge in [0.15, 0.2) is 0 Å². The Kier molecular flexibility index (Phi) is 4.09. The number of nitrogens with zero attached hydrogens (tertiary/aromatic N) is 1. The lowest BCUT2D eigenvalue weighted by atomic mass is 9.97. The summed E-state index contributed by atoms with van der Waals surface area (Å²) in [6.45, 7) is 1.87. The minimum Gasteiger partial charge on any atom is -0.324 e. The highest BCUT2D eigenvalue weighted by Gasteiger charge is 2.10. The van der Waals surface area contributed by atoms with E-state index in [9.17, 15) is 4.39 Å². The first-order valence-corrected chi connectivity index (χ1v) is 6.46. The molecule has 0 saturated heterocycles. The number of aromatic nitrogens is 1. The van der Waals surface area contributed by atoms with Crippen LogP contribution in [0.25, 0.3) is 0 Å². The van der Waals surface area contributed by atoms with Crippen molar-refractivity contribution in [3.8, 4) is 0 Å². The molecule has 4 heteroatoms. The SMILES string of the molecule is Cc1cc(F)ccc1C(N)Cc1cncc(Br)c1. The van der Waals surface area contributed by atoms with Crippen molar-refractivity contribution in [1.29, 1.82) is 0 Å². The van der Waals surface area contributed by atoms with Crippen molar-refractivity contribution >= 4 is 15.9 Å². The fourth-order valence-electron chi connectivity index (χ4n) is 1.99. The average Bonchev–Trinajstić information content (AvgIpc) is 2.28. The summed E-state index contributed by atoms with van der Waals surface area (Å²) in [6.07, 6.45) is 4.21. The maximum Gasteiger partial charge on any atom is 0.123 e. The third-order valence-corrected chi connectivity index (χ3v) is 3.28. The molecule has 0 radical (unpaired) electrons. The standard InChI is InChI=1S/C14H14BrFN2/c1-9-4-12(16)2-3-13(9)14(17)6-10-5-11(15)8-18-7-10/h2-5,7-8,14H,6,17H2,1H3. The number of hydrogen-bond donors (Lipinski definition) is 1.